The van der Waals surface area contributed by atoms with Crippen LogP contribution in [-0.2, 0) is 0 Å². The molecule has 0 aromatic heterocycles. The van der Waals surface area contributed by atoms with Gasteiger partial charge in [0.1, 0.15) is 5.82 Å². The minimum atomic E-state index is -0.308. The highest BCUT2D eigenvalue weighted by Gasteiger charge is 2.37. The summed E-state index contributed by atoms with van der Waals surface area (Å²) in [6.07, 6.45) is 4.46. The Kier molecular flexibility index (Phi) is 3.46. The monoisotopic (exact) mass is 255 g/mol. The fourth-order valence-electron chi connectivity index (χ4n) is 2.81. The van der Waals surface area contributed by atoms with Gasteiger partial charge in [-0.25, -0.2) is 4.39 Å². The van der Waals surface area contributed by atoms with E-state index in [4.69, 9.17) is 17.3 Å². The molecule has 3 heteroatoms. The van der Waals surface area contributed by atoms with Gasteiger partial charge in [-0.3, -0.25) is 0 Å². The molecular weight excluding hydrogens is 237 g/mol. The Hall–Kier alpha value is -0.600. The second-order valence-corrected chi connectivity index (χ2v) is 5.81. The number of rotatable bonds is 2. The molecule has 0 saturated heterocycles. The average Bonchev–Trinajstić information content (AvgIpc) is 2.72. The van der Waals surface area contributed by atoms with Gasteiger partial charge in [-0.05, 0) is 36.8 Å². The molecule has 1 nitrogen and oxygen atoms in total. The maximum absolute atomic E-state index is 13.9. The predicted molar refractivity (Wildman–Crippen MR) is 69.7 cm³/mol. The first-order valence-electron chi connectivity index (χ1n) is 6.16. The van der Waals surface area contributed by atoms with Crippen molar-refractivity contribution in [2.75, 3.05) is 0 Å². The summed E-state index contributed by atoms with van der Waals surface area (Å²) in [5.74, 6) is -0.277. The van der Waals surface area contributed by atoms with E-state index in [0.29, 0.717) is 10.6 Å². The van der Waals surface area contributed by atoms with Gasteiger partial charge in [-0.15, -0.1) is 0 Å². The second kappa shape index (κ2) is 4.58. The lowest BCUT2D eigenvalue weighted by Gasteiger charge is -2.32. The summed E-state index contributed by atoms with van der Waals surface area (Å²) in [5.41, 5.74) is 7.65. The van der Waals surface area contributed by atoms with Crippen LogP contribution in [0.4, 0.5) is 4.39 Å². The molecule has 0 heterocycles. The second-order valence-electron chi connectivity index (χ2n) is 5.43. The maximum atomic E-state index is 13.9. The van der Waals surface area contributed by atoms with Crippen LogP contribution in [0, 0.1) is 18.2 Å². The molecule has 94 valence electrons. The van der Waals surface area contributed by atoms with Crippen molar-refractivity contribution < 1.29 is 4.39 Å². The molecule has 0 bridgehead atoms. The fourth-order valence-corrected chi connectivity index (χ4v) is 3.08. The lowest BCUT2D eigenvalue weighted by molar-refractivity contribution is 0.260. The summed E-state index contributed by atoms with van der Waals surface area (Å²) >= 11 is 6.21. The largest absolute Gasteiger partial charge is 0.323 e. The molecule has 2 N–H and O–H groups in total. The topological polar surface area (TPSA) is 26.0 Å². The van der Waals surface area contributed by atoms with Gasteiger partial charge in [-0.2, -0.15) is 0 Å². The van der Waals surface area contributed by atoms with Crippen LogP contribution in [0.2, 0.25) is 5.02 Å². The van der Waals surface area contributed by atoms with Crippen molar-refractivity contribution in [3.63, 3.8) is 0 Å². The van der Waals surface area contributed by atoms with Crippen molar-refractivity contribution in [1.82, 2.24) is 0 Å². The molecule has 1 saturated carbocycles. The van der Waals surface area contributed by atoms with Crippen molar-refractivity contribution in [3.8, 4) is 0 Å². The summed E-state index contributed by atoms with van der Waals surface area (Å²) in [7, 11) is 0. The first kappa shape index (κ1) is 12.8. The Balaban J connectivity index is 2.43. The minimum Gasteiger partial charge on any atom is -0.323 e. The minimum absolute atomic E-state index is 0.0156. The van der Waals surface area contributed by atoms with Gasteiger partial charge in [0.2, 0.25) is 0 Å². The highest BCUT2D eigenvalue weighted by Crippen LogP contribution is 2.48. The third-order valence-corrected chi connectivity index (χ3v) is 4.63. The molecule has 1 aliphatic rings. The Morgan fingerprint density at radius 3 is 2.53 bits per heavy atom. The van der Waals surface area contributed by atoms with Crippen LogP contribution in [0.15, 0.2) is 12.1 Å². The average molecular weight is 256 g/mol. The molecule has 2 rings (SSSR count). The van der Waals surface area contributed by atoms with Crippen LogP contribution < -0.4 is 5.73 Å². The van der Waals surface area contributed by atoms with Gasteiger partial charge in [-0.1, -0.05) is 37.4 Å². The van der Waals surface area contributed by atoms with Crippen LogP contribution >= 0.6 is 11.6 Å². The lowest BCUT2D eigenvalue weighted by atomic mass is 9.77. The molecular formula is C14H19ClFN. The highest BCUT2D eigenvalue weighted by molar-refractivity contribution is 6.32. The molecule has 1 fully saturated rings. The fraction of sp³-hybridized carbons (Fsp3) is 0.571. The smallest absolute Gasteiger partial charge is 0.129 e. The van der Waals surface area contributed by atoms with E-state index in [1.54, 1.807) is 6.07 Å². The summed E-state index contributed by atoms with van der Waals surface area (Å²) in [6.45, 7) is 4.03. The van der Waals surface area contributed by atoms with Crippen molar-refractivity contribution in [2.24, 2.45) is 11.1 Å². The van der Waals surface area contributed by atoms with E-state index < -0.39 is 0 Å². The van der Waals surface area contributed by atoms with E-state index in [1.807, 2.05) is 6.92 Å². The van der Waals surface area contributed by atoms with Gasteiger partial charge in [0.25, 0.3) is 0 Å². The van der Waals surface area contributed by atoms with E-state index in [9.17, 15) is 4.39 Å². The van der Waals surface area contributed by atoms with E-state index in [-0.39, 0.29) is 17.3 Å². The molecule has 0 aliphatic heterocycles. The van der Waals surface area contributed by atoms with Crippen LogP contribution in [-0.4, -0.2) is 0 Å². The van der Waals surface area contributed by atoms with E-state index in [1.165, 1.54) is 18.9 Å². The molecule has 17 heavy (non-hydrogen) atoms. The Morgan fingerprint density at radius 1 is 1.35 bits per heavy atom. The molecule has 1 aromatic rings. The predicted octanol–water partition coefficient (Wildman–Crippen LogP) is 4.37. The first-order valence-corrected chi connectivity index (χ1v) is 6.53. The van der Waals surface area contributed by atoms with Gasteiger partial charge in [0, 0.05) is 11.6 Å². The van der Waals surface area contributed by atoms with Gasteiger partial charge in [0.15, 0.2) is 0 Å². The summed E-state index contributed by atoms with van der Waals surface area (Å²) in [4.78, 5) is 0. The van der Waals surface area contributed by atoms with Crippen LogP contribution in [0.1, 0.15) is 49.8 Å². The van der Waals surface area contributed by atoms with Crippen LogP contribution in [0.5, 0.6) is 0 Å². The molecule has 1 aromatic carbocycles. The summed E-state index contributed by atoms with van der Waals surface area (Å²) in [6, 6.07) is 2.86. The Bertz CT molecular complexity index is 424. The zero-order valence-corrected chi connectivity index (χ0v) is 11.1. The molecule has 1 aliphatic carbocycles. The van der Waals surface area contributed by atoms with E-state index >= 15 is 0 Å². The first-order chi connectivity index (χ1) is 7.96. The molecule has 0 amide bonds. The summed E-state index contributed by atoms with van der Waals surface area (Å²) in [5, 5.41) is 0.491. The third-order valence-electron chi connectivity index (χ3n) is 4.13. The molecule has 1 atom stereocenters. The van der Waals surface area contributed by atoms with Gasteiger partial charge >= 0.3 is 0 Å². The summed E-state index contributed by atoms with van der Waals surface area (Å²) < 4.78 is 13.9. The molecule has 0 spiro atoms. The van der Waals surface area contributed by atoms with Crippen molar-refractivity contribution in [1.29, 1.82) is 0 Å². The highest BCUT2D eigenvalue weighted by atomic mass is 35.5. The van der Waals surface area contributed by atoms with Crippen LogP contribution in [0.25, 0.3) is 0 Å². The standard InChI is InChI=1S/C14H19ClFN/c1-9-5-6-10(16)11(12(9)15)13(17)14(2)7-3-4-8-14/h5-6,13H,3-4,7-8,17H2,1-2H3. The number of halogens is 2. The number of benzene rings is 1. The van der Waals surface area contributed by atoms with E-state index in [2.05, 4.69) is 6.92 Å². The molecule has 1 unspecified atom stereocenters. The van der Waals surface area contributed by atoms with Crippen molar-refractivity contribution in [3.05, 3.63) is 34.1 Å². The number of aryl methyl sites for hydroxylation is 1. The van der Waals surface area contributed by atoms with Gasteiger partial charge in [0.05, 0.1) is 5.02 Å². The number of hydrogen-bond acceptors (Lipinski definition) is 1. The van der Waals surface area contributed by atoms with Crippen LogP contribution in [0.3, 0.4) is 0 Å². The number of hydrogen-bond donors (Lipinski definition) is 1. The zero-order valence-electron chi connectivity index (χ0n) is 10.4. The zero-order chi connectivity index (χ0) is 12.6. The van der Waals surface area contributed by atoms with Crippen molar-refractivity contribution in [2.45, 2.75) is 45.6 Å². The molecule has 0 radical (unpaired) electrons. The quantitative estimate of drug-likeness (QED) is 0.835. The Morgan fingerprint density at radius 2 is 1.94 bits per heavy atom. The SMILES string of the molecule is Cc1ccc(F)c(C(N)C2(C)CCCC2)c1Cl. The third kappa shape index (κ3) is 2.21. The normalized spacial score (nSPS) is 20.5. The lowest BCUT2D eigenvalue weighted by Crippen LogP contribution is -2.30. The van der Waals surface area contributed by atoms with Crippen molar-refractivity contribution >= 4 is 11.6 Å². The Labute approximate surface area is 107 Å². The maximum Gasteiger partial charge on any atom is 0.129 e. The van der Waals surface area contributed by atoms with E-state index in [0.717, 1.165) is 18.4 Å². The van der Waals surface area contributed by atoms with Gasteiger partial charge < -0.3 is 5.73 Å². The number of nitrogens with two attached hydrogens (primary N) is 1.